The van der Waals surface area contributed by atoms with E-state index in [-0.39, 0.29) is 5.82 Å². The molecule has 1 heterocycles. The highest BCUT2D eigenvalue weighted by molar-refractivity contribution is 7.98. The van der Waals surface area contributed by atoms with Crippen LogP contribution in [-0.2, 0) is 5.75 Å². The highest BCUT2D eigenvalue weighted by atomic mass is 32.2. The second-order valence-corrected chi connectivity index (χ2v) is 7.54. The van der Waals surface area contributed by atoms with Gasteiger partial charge in [-0.1, -0.05) is 48.2 Å². The van der Waals surface area contributed by atoms with Crippen LogP contribution >= 0.6 is 11.8 Å². The predicted molar refractivity (Wildman–Crippen MR) is 114 cm³/mol. The van der Waals surface area contributed by atoms with E-state index in [1.807, 2.05) is 41.0 Å². The van der Waals surface area contributed by atoms with Crippen molar-refractivity contribution in [2.75, 3.05) is 7.11 Å². The number of methoxy groups -OCH3 is 1. The zero-order chi connectivity index (χ0) is 20.2. The van der Waals surface area contributed by atoms with Crippen molar-refractivity contribution in [2.24, 2.45) is 0 Å². The van der Waals surface area contributed by atoms with E-state index in [1.165, 1.54) is 12.1 Å². The van der Waals surface area contributed by atoms with Gasteiger partial charge in [-0.05, 0) is 54.4 Å². The molecule has 0 radical (unpaired) electrons. The van der Waals surface area contributed by atoms with Crippen molar-refractivity contribution in [3.8, 4) is 22.8 Å². The second-order valence-electron chi connectivity index (χ2n) is 6.60. The molecule has 0 saturated carbocycles. The minimum Gasteiger partial charge on any atom is -0.496 e. The van der Waals surface area contributed by atoms with Gasteiger partial charge in [0.15, 0.2) is 11.0 Å². The number of rotatable bonds is 6. The molecule has 0 bridgehead atoms. The van der Waals surface area contributed by atoms with Crippen molar-refractivity contribution < 1.29 is 9.13 Å². The Morgan fingerprint density at radius 3 is 2.52 bits per heavy atom. The van der Waals surface area contributed by atoms with Crippen molar-refractivity contribution in [1.29, 1.82) is 0 Å². The molecule has 0 N–H and O–H groups in total. The van der Waals surface area contributed by atoms with E-state index in [0.717, 1.165) is 39.1 Å². The lowest BCUT2D eigenvalue weighted by molar-refractivity contribution is 0.416. The summed E-state index contributed by atoms with van der Waals surface area (Å²) in [6, 6.07) is 22.5. The molecule has 4 nitrogen and oxygen atoms in total. The molecule has 0 aliphatic rings. The first-order valence-corrected chi connectivity index (χ1v) is 10.2. The fraction of sp³-hybridized carbons (Fsp3) is 0.130. The zero-order valence-electron chi connectivity index (χ0n) is 16.2. The Morgan fingerprint density at radius 1 is 0.966 bits per heavy atom. The van der Waals surface area contributed by atoms with Gasteiger partial charge in [0.05, 0.1) is 12.7 Å². The highest BCUT2D eigenvalue weighted by Gasteiger charge is 2.19. The lowest BCUT2D eigenvalue weighted by atomic mass is 10.1. The van der Waals surface area contributed by atoms with E-state index >= 15 is 0 Å². The summed E-state index contributed by atoms with van der Waals surface area (Å²) >= 11 is 1.56. The van der Waals surface area contributed by atoms with Crippen LogP contribution in [0.3, 0.4) is 0 Å². The Balaban J connectivity index is 1.77. The number of benzene rings is 3. The number of aromatic nitrogens is 3. The first kappa shape index (κ1) is 19.2. The summed E-state index contributed by atoms with van der Waals surface area (Å²) in [4.78, 5) is 0. The summed E-state index contributed by atoms with van der Waals surface area (Å²) in [6.45, 7) is 2.06. The third kappa shape index (κ3) is 4.17. The van der Waals surface area contributed by atoms with E-state index in [0.29, 0.717) is 5.75 Å². The van der Waals surface area contributed by atoms with E-state index in [9.17, 15) is 4.39 Å². The van der Waals surface area contributed by atoms with E-state index in [2.05, 4.69) is 29.3 Å². The summed E-state index contributed by atoms with van der Waals surface area (Å²) in [5.74, 6) is 1.88. The van der Waals surface area contributed by atoms with Gasteiger partial charge in [0, 0.05) is 11.4 Å². The van der Waals surface area contributed by atoms with Gasteiger partial charge in [0.25, 0.3) is 0 Å². The highest BCUT2D eigenvalue weighted by Crippen LogP contribution is 2.34. The molecular weight excluding hydrogens is 385 g/mol. The fourth-order valence-corrected chi connectivity index (χ4v) is 4.00. The average molecular weight is 405 g/mol. The summed E-state index contributed by atoms with van der Waals surface area (Å²) < 4.78 is 20.8. The van der Waals surface area contributed by atoms with Crippen molar-refractivity contribution in [3.05, 3.63) is 89.7 Å². The SMILES string of the molecule is COc1ccccc1-c1nnc(SCc2ccc(F)cc2)n1-c1cccc(C)c1. The van der Waals surface area contributed by atoms with Gasteiger partial charge in [-0.2, -0.15) is 0 Å². The van der Waals surface area contributed by atoms with Crippen molar-refractivity contribution in [3.63, 3.8) is 0 Å². The van der Waals surface area contributed by atoms with Crippen LogP contribution in [0.15, 0.2) is 78.0 Å². The van der Waals surface area contributed by atoms with E-state index < -0.39 is 0 Å². The van der Waals surface area contributed by atoms with Crippen molar-refractivity contribution in [1.82, 2.24) is 14.8 Å². The quantitative estimate of drug-likeness (QED) is 0.387. The molecule has 0 spiro atoms. The number of halogens is 1. The Bertz CT molecular complexity index is 1130. The van der Waals surface area contributed by atoms with Gasteiger partial charge in [0.2, 0.25) is 0 Å². The van der Waals surface area contributed by atoms with Crippen LogP contribution in [0.4, 0.5) is 4.39 Å². The minimum absolute atomic E-state index is 0.236. The Hall–Kier alpha value is -3.12. The maximum atomic E-state index is 13.2. The van der Waals surface area contributed by atoms with Crippen LogP contribution in [0.2, 0.25) is 0 Å². The van der Waals surface area contributed by atoms with E-state index in [4.69, 9.17) is 4.74 Å². The molecule has 0 unspecified atom stereocenters. The number of nitrogens with zero attached hydrogens (tertiary/aromatic N) is 3. The van der Waals surface area contributed by atoms with Crippen LogP contribution in [0.25, 0.3) is 17.1 Å². The van der Waals surface area contributed by atoms with E-state index in [1.54, 1.807) is 31.0 Å². The molecular formula is C23H20FN3OS. The predicted octanol–water partition coefficient (Wildman–Crippen LogP) is 5.68. The van der Waals surface area contributed by atoms with Crippen LogP contribution in [0.1, 0.15) is 11.1 Å². The average Bonchev–Trinajstić information content (AvgIpc) is 3.17. The molecule has 0 aliphatic carbocycles. The first-order valence-electron chi connectivity index (χ1n) is 9.19. The molecule has 3 aromatic carbocycles. The minimum atomic E-state index is -0.236. The third-order valence-corrected chi connectivity index (χ3v) is 5.52. The van der Waals surface area contributed by atoms with Gasteiger partial charge in [0.1, 0.15) is 11.6 Å². The molecule has 0 atom stereocenters. The molecule has 4 aromatic rings. The lowest BCUT2D eigenvalue weighted by Crippen LogP contribution is -2.01. The third-order valence-electron chi connectivity index (χ3n) is 4.52. The Labute approximate surface area is 173 Å². The number of thioether (sulfide) groups is 1. The molecule has 0 aliphatic heterocycles. The lowest BCUT2D eigenvalue weighted by Gasteiger charge is -2.13. The number of ether oxygens (including phenoxy) is 1. The summed E-state index contributed by atoms with van der Waals surface area (Å²) in [6.07, 6.45) is 0. The van der Waals surface area contributed by atoms with Crippen LogP contribution in [0.5, 0.6) is 5.75 Å². The van der Waals surface area contributed by atoms with Gasteiger partial charge >= 0.3 is 0 Å². The number of aryl methyl sites for hydroxylation is 1. The second kappa shape index (κ2) is 8.49. The van der Waals surface area contributed by atoms with Gasteiger partial charge in [-0.25, -0.2) is 4.39 Å². The smallest absolute Gasteiger partial charge is 0.196 e. The van der Waals surface area contributed by atoms with Crippen molar-refractivity contribution in [2.45, 2.75) is 17.8 Å². The van der Waals surface area contributed by atoms with Crippen LogP contribution in [-0.4, -0.2) is 21.9 Å². The zero-order valence-corrected chi connectivity index (χ0v) is 17.0. The largest absolute Gasteiger partial charge is 0.496 e. The molecule has 146 valence electrons. The maximum absolute atomic E-state index is 13.2. The maximum Gasteiger partial charge on any atom is 0.196 e. The molecule has 0 fully saturated rings. The molecule has 29 heavy (non-hydrogen) atoms. The van der Waals surface area contributed by atoms with Gasteiger partial charge in [-0.15, -0.1) is 10.2 Å². The normalized spacial score (nSPS) is 10.9. The molecule has 1 aromatic heterocycles. The molecule has 0 amide bonds. The summed E-state index contributed by atoms with van der Waals surface area (Å²) in [5.41, 5.74) is 4.03. The fourth-order valence-electron chi connectivity index (χ4n) is 3.10. The van der Waals surface area contributed by atoms with Crippen LogP contribution in [0, 0.1) is 12.7 Å². The first-order chi connectivity index (χ1) is 14.2. The van der Waals surface area contributed by atoms with Crippen LogP contribution < -0.4 is 4.74 Å². The number of para-hydroxylation sites is 1. The molecule has 4 rings (SSSR count). The summed E-state index contributed by atoms with van der Waals surface area (Å²) in [7, 11) is 1.65. The standard InChI is InChI=1S/C23H20FN3OS/c1-16-6-5-7-19(14-16)27-22(20-8-3-4-9-21(20)28-2)25-26-23(27)29-15-17-10-12-18(24)13-11-17/h3-14H,15H2,1-2H3. The van der Waals surface area contributed by atoms with Gasteiger partial charge < -0.3 is 4.74 Å². The monoisotopic (exact) mass is 405 g/mol. The molecule has 6 heteroatoms. The number of hydrogen-bond donors (Lipinski definition) is 0. The van der Waals surface area contributed by atoms with Crippen molar-refractivity contribution >= 4 is 11.8 Å². The van der Waals surface area contributed by atoms with Gasteiger partial charge in [-0.3, -0.25) is 4.57 Å². The number of hydrogen-bond acceptors (Lipinski definition) is 4. The summed E-state index contributed by atoms with van der Waals surface area (Å²) in [5, 5.41) is 9.70. The topological polar surface area (TPSA) is 39.9 Å². The molecule has 0 saturated heterocycles. The Morgan fingerprint density at radius 2 is 1.76 bits per heavy atom. The Kier molecular flexibility index (Phi) is 5.62.